The molecule has 8 heteroatoms. The number of anilines is 1. The van der Waals surface area contributed by atoms with Gasteiger partial charge in [-0.25, -0.2) is 14.1 Å². The number of halogens is 2. The summed E-state index contributed by atoms with van der Waals surface area (Å²) in [6.45, 7) is 2.23. The Morgan fingerprint density at radius 2 is 1.76 bits per heavy atom. The van der Waals surface area contributed by atoms with Crippen molar-refractivity contribution in [3.63, 3.8) is 0 Å². The molecule has 33 heavy (non-hydrogen) atoms. The van der Waals surface area contributed by atoms with Gasteiger partial charge in [0.05, 0.1) is 5.69 Å². The number of barbiturate groups is 1. The minimum absolute atomic E-state index is 0.248. The third-order valence-corrected chi connectivity index (χ3v) is 5.22. The Morgan fingerprint density at radius 3 is 2.48 bits per heavy atom. The minimum Gasteiger partial charge on any atom is -0.488 e. The van der Waals surface area contributed by atoms with Gasteiger partial charge in [0.2, 0.25) is 0 Å². The van der Waals surface area contributed by atoms with Crippen LogP contribution in [0.1, 0.15) is 16.7 Å². The lowest BCUT2D eigenvalue weighted by atomic mass is 10.1. The van der Waals surface area contributed by atoms with E-state index >= 15 is 0 Å². The lowest BCUT2D eigenvalue weighted by Crippen LogP contribution is -2.54. The van der Waals surface area contributed by atoms with Gasteiger partial charge in [-0.1, -0.05) is 53.6 Å². The zero-order chi connectivity index (χ0) is 23.5. The van der Waals surface area contributed by atoms with Crippen LogP contribution in [0.4, 0.5) is 14.9 Å². The SMILES string of the molecule is Cc1ccc(COc2ccc(Cl)cc2/C=C2/C(=O)NC(=O)N(c3ccccc3F)C2=O)cc1. The van der Waals surface area contributed by atoms with Gasteiger partial charge in [-0.15, -0.1) is 0 Å². The second kappa shape index (κ2) is 9.26. The summed E-state index contributed by atoms with van der Waals surface area (Å²) in [5, 5.41) is 2.43. The molecule has 0 aromatic heterocycles. The van der Waals surface area contributed by atoms with Crippen molar-refractivity contribution in [3.8, 4) is 5.75 Å². The van der Waals surface area contributed by atoms with Crippen LogP contribution < -0.4 is 15.0 Å². The summed E-state index contributed by atoms with van der Waals surface area (Å²) < 4.78 is 20.2. The molecule has 0 saturated carbocycles. The van der Waals surface area contributed by atoms with Gasteiger partial charge < -0.3 is 4.74 Å². The molecule has 1 N–H and O–H groups in total. The topological polar surface area (TPSA) is 75.7 Å². The first kappa shape index (κ1) is 22.2. The highest BCUT2D eigenvalue weighted by atomic mass is 35.5. The Hall–Kier alpha value is -3.97. The molecule has 3 aromatic rings. The van der Waals surface area contributed by atoms with Crippen LogP contribution in [0.3, 0.4) is 0 Å². The quantitative estimate of drug-likeness (QED) is 0.424. The van der Waals surface area contributed by atoms with Crippen LogP contribution >= 0.6 is 11.6 Å². The Kier molecular flexibility index (Phi) is 6.24. The van der Waals surface area contributed by atoms with Gasteiger partial charge in [0.25, 0.3) is 11.8 Å². The third-order valence-electron chi connectivity index (χ3n) is 4.98. The van der Waals surface area contributed by atoms with Crippen molar-refractivity contribution in [3.05, 3.63) is 99.8 Å². The lowest BCUT2D eigenvalue weighted by Gasteiger charge is -2.26. The predicted molar refractivity (Wildman–Crippen MR) is 122 cm³/mol. The molecule has 1 aliphatic heterocycles. The van der Waals surface area contributed by atoms with Crippen LogP contribution in [0.25, 0.3) is 6.08 Å². The zero-order valence-electron chi connectivity index (χ0n) is 17.5. The van der Waals surface area contributed by atoms with Crippen LogP contribution in [-0.2, 0) is 16.2 Å². The molecule has 6 nitrogen and oxygen atoms in total. The number of benzene rings is 3. The number of nitrogens with zero attached hydrogens (tertiary/aromatic N) is 1. The van der Waals surface area contributed by atoms with Gasteiger partial charge in [-0.2, -0.15) is 0 Å². The number of rotatable bonds is 5. The standard InChI is InChI=1S/C25H18ClFN2O4/c1-15-6-8-16(9-7-15)14-33-22-11-10-18(26)12-17(22)13-19-23(30)28-25(32)29(24(19)31)21-5-3-2-4-20(21)27/h2-13H,14H2,1H3,(H,28,30,32)/b19-13-. The Bertz CT molecular complexity index is 1290. The summed E-state index contributed by atoms with van der Waals surface area (Å²) in [6.07, 6.45) is 1.27. The van der Waals surface area contributed by atoms with E-state index in [0.29, 0.717) is 21.2 Å². The summed E-state index contributed by atoms with van der Waals surface area (Å²) >= 11 is 6.13. The van der Waals surface area contributed by atoms with E-state index in [4.69, 9.17) is 16.3 Å². The zero-order valence-corrected chi connectivity index (χ0v) is 18.2. The van der Waals surface area contributed by atoms with E-state index in [-0.39, 0.29) is 17.9 Å². The fourth-order valence-electron chi connectivity index (χ4n) is 3.27. The normalized spacial score (nSPS) is 15.1. The lowest BCUT2D eigenvalue weighted by molar-refractivity contribution is -0.122. The maximum atomic E-state index is 14.3. The van der Waals surface area contributed by atoms with Crippen molar-refractivity contribution in [1.29, 1.82) is 0 Å². The van der Waals surface area contributed by atoms with E-state index in [1.54, 1.807) is 12.1 Å². The molecule has 0 spiro atoms. The van der Waals surface area contributed by atoms with Gasteiger partial charge in [-0.3, -0.25) is 14.9 Å². The second-order valence-corrected chi connectivity index (χ2v) is 7.80. The number of aryl methyl sites for hydroxylation is 1. The number of amides is 4. The first-order valence-electron chi connectivity index (χ1n) is 9.97. The van der Waals surface area contributed by atoms with Crippen LogP contribution in [0.15, 0.2) is 72.3 Å². The maximum absolute atomic E-state index is 14.3. The van der Waals surface area contributed by atoms with E-state index in [1.165, 1.54) is 30.3 Å². The number of urea groups is 1. The van der Waals surface area contributed by atoms with Crippen LogP contribution in [-0.4, -0.2) is 17.8 Å². The van der Waals surface area contributed by atoms with Crippen molar-refractivity contribution in [1.82, 2.24) is 5.32 Å². The fraction of sp³-hybridized carbons (Fsp3) is 0.0800. The average Bonchev–Trinajstić information content (AvgIpc) is 2.78. The van der Waals surface area contributed by atoms with E-state index in [1.807, 2.05) is 31.2 Å². The number of carbonyl (C=O) groups is 3. The highest BCUT2D eigenvalue weighted by Crippen LogP contribution is 2.29. The number of para-hydroxylation sites is 1. The Labute approximate surface area is 194 Å². The smallest absolute Gasteiger partial charge is 0.336 e. The Balaban J connectivity index is 1.68. The molecule has 1 fully saturated rings. The van der Waals surface area contributed by atoms with Gasteiger partial charge in [0, 0.05) is 10.6 Å². The van der Waals surface area contributed by atoms with Gasteiger partial charge in [0.15, 0.2) is 0 Å². The first-order valence-corrected chi connectivity index (χ1v) is 10.3. The number of nitrogens with one attached hydrogen (secondary N) is 1. The van der Waals surface area contributed by atoms with Crippen molar-refractivity contribution < 1.29 is 23.5 Å². The number of carbonyl (C=O) groups excluding carboxylic acids is 3. The molecular formula is C25H18ClFN2O4. The predicted octanol–water partition coefficient (Wildman–Crippen LogP) is 5.03. The first-order chi connectivity index (χ1) is 15.8. The second-order valence-electron chi connectivity index (χ2n) is 7.37. The third kappa shape index (κ3) is 4.78. The molecule has 166 valence electrons. The minimum atomic E-state index is -1.03. The summed E-state index contributed by atoms with van der Waals surface area (Å²) in [5.74, 6) is -2.26. The largest absolute Gasteiger partial charge is 0.488 e. The molecular weight excluding hydrogens is 447 g/mol. The molecule has 1 aliphatic rings. The molecule has 0 atom stereocenters. The highest BCUT2D eigenvalue weighted by molar-refractivity contribution is 6.39. The monoisotopic (exact) mass is 464 g/mol. The molecule has 1 saturated heterocycles. The van der Waals surface area contributed by atoms with Crippen LogP contribution in [0.5, 0.6) is 5.75 Å². The van der Waals surface area contributed by atoms with E-state index < -0.39 is 23.7 Å². The van der Waals surface area contributed by atoms with Crippen LogP contribution in [0.2, 0.25) is 5.02 Å². The van der Waals surface area contributed by atoms with Crippen molar-refractivity contribution >= 4 is 41.2 Å². The van der Waals surface area contributed by atoms with E-state index in [0.717, 1.165) is 17.2 Å². The molecule has 1 heterocycles. The number of ether oxygens (including phenoxy) is 1. The van der Waals surface area contributed by atoms with Crippen molar-refractivity contribution in [2.75, 3.05) is 4.90 Å². The van der Waals surface area contributed by atoms with Gasteiger partial charge >= 0.3 is 6.03 Å². The van der Waals surface area contributed by atoms with Gasteiger partial charge in [-0.05, 0) is 48.9 Å². The van der Waals surface area contributed by atoms with Crippen molar-refractivity contribution in [2.45, 2.75) is 13.5 Å². The summed E-state index contributed by atoms with van der Waals surface area (Å²) in [7, 11) is 0. The summed E-state index contributed by atoms with van der Waals surface area (Å²) in [5.41, 5.74) is 1.78. The maximum Gasteiger partial charge on any atom is 0.336 e. The number of hydrogen-bond donors (Lipinski definition) is 1. The molecule has 0 bridgehead atoms. The molecule has 0 aliphatic carbocycles. The van der Waals surface area contributed by atoms with Gasteiger partial charge in [0.1, 0.15) is 23.7 Å². The summed E-state index contributed by atoms with van der Waals surface area (Å²) in [6, 6.07) is 16.8. The fourth-order valence-corrected chi connectivity index (χ4v) is 3.45. The highest BCUT2D eigenvalue weighted by Gasteiger charge is 2.38. The van der Waals surface area contributed by atoms with Crippen molar-refractivity contribution in [2.24, 2.45) is 0 Å². The number of hydrogen-bond acceptors (Lipinski definition) is 4. The molecule has 4 rings (SSSR count). The van der Waals surface area contributed by atoms with E-state index in [9.17, 15) is 18.8 Å². The molecule has 0 unspecified atom stereocenters. The molecule has 0 radical (unpaired) electrons. The van der Waals surface area contributed by atoms with E-state index in [2.05, 4.69) is 5.32 Å². The number of imide groups is 2. The molecule has 4 amide bonds. The van der Waals surface area contributed by atoms with Crippen LogP contribution in [0, 0.1) is 12.7 Å². The summed E-state index contributed by atoms with van der Waals surface area (Å²) in [4.78, 5) is 38.4. The Morgan fingerprint density at radius 1 is 1.03 bits per heavy atom. The molecule has 3 aromatic carbocycles. The average molecular weight is 465 g/mol.